The van der Waals surface area contributed by atoms with E-state index in [1.807, 2.05) is 6.92 Å². The van der Waals surface area contributed by atoms with Crippen molar-refractivity contribution in [1.29, 1.82) is 0 Å². The molecule has 1 aromatic rings. The molecule has 1 saturated carbocycles. The maximum Gasteiger partial charge on any atom is 0.221 e. The molecule has 0 aromatic carbocycles. The predicted octanol–water partition coefficient (Wildman–Crippen LogP) is 2.39. The van der Waals surface area contributed by atoms with Gasteiger partial charge in [-0.15, -0.1) is 0 Å². The Hall–Kier alpha value is -1.32. The number of hydrogen-bond acceptors (Lipinski definition) is 4. The Labute approximate surface area is 96.4 Å². The smallest absolute Gasteiger partial charge is 0.221 e. The van der Waals surface area contributed by atoms with E-state index in [9.17, 15) is 0 Å². The first-order valence-corrected chi connectivity index (χ1v) is 5.84. The second kappa shape index (κ2) is 4.68. The molecule has 1 aromatic heterocycles. The van der Waals surface area contributed by atoms with Gasteiger partial charge >= 0.3 is 0 Å². The summed E-state index contributed by atoms with van der Waals surface area (Å²) < 4.78 is 5.18. The summed E-state index contributed by atoms with van der Waals surface area (Å²) in [5.74, 6) is 2.34. The van der Waals surface area contributed by atoms with Crippen molar-refractivity contribution >= 4 is 5.82 Å². The maximum atomic E-state index is 5.18. The van der Waals surface area contributed by atoms with Gasteiger partial charge in [-0.2, -0.15) is 0 Å². The minimum absolute atomic E-state index is 0.479. The zero-order valence-corrected chi connectivity index (χ0v) is 10.2. The van der Waals surface area contributed by atoms with E-state index in [4.69, 9.17) is 4.74 Å². The fraction of sp³-hybridized carbons (Fsp3) is 0.667. The highest BCUT2D eigenvalue weighted by molar-refractivity contribution is 5.48. The number of nitrogens with zero attached hydrogens (tertiary/aromatic N) is 2. The van der Waals surface area contributed by atoms with E-state index in [1.165, 1.54) is 19.3 Å². The Kier molecular flexibility index (Phi) is 3.27. The average Bonchev–Trinajstić information content (AvgIpc) is 2.18. The highest BCUT2D eigenvalue weighted by Gasteiger charge is 2.24. The molecule has 0 radical (unpaired) electrons. The lowest BCUT2D eigenvalue weighted by molar-refractivity contribution is 0.284. The zero-order chi connectivity index (χ0) is 11.5. The highest BCUT2D eigenvalue weighted by Crippen LogP contribution is 2.31. The first-order valence-electron chi connectivity index (χ1n) is 5.84. The lowest BCUT2D eigenvalue weighted by Gasteiger charge is -2.32. The van der Waals surface area contributed by atoms with Crippen LogP contribution in [0.25, 0.3) is 0 Å². The normalized spacial score (nSPS) is 17.7. The van der Waals surface area contributed by atoms with Crippen LogP contribution in [0.5, 0.6) is 5.88 Å². The van der Waals surface area contributed by atoms with Gasteiger partial charge in [0.05, 0.1) is 12.7 Å². The summed E-state index contributed by atoms with van der Waals surface area (Å²) in [6, 6.07) is 0.479. The van der Waals surface area contributed by atoms with Crippen molar-refractivity contribution in [3.8, 4) is 5.88 Å². The van der Waals surface area contributed by atoms with Crippen molar-refractivity contribution < 1.29 is 4.74 Å². The van der Waals surface area contributed by atoms with Gasteiger partial charge in [0.1, 0.15) is 12.1 Å². The molecule has 4 nitrogen and oxygen atoms in total. The lowest BCUT2D eigenvalue weighted by atomic mass is 9.80. The van der Waals surface area contributed by atoms with E-state index in [-0.39, 0.29) is 0 Å². The third-order valence-electron chi connectivity index (χ3n) is 3.45. The van der Waals surface area contributed by atoms with E-state index in [2.05, 4.69) is 22.2 Å². The topological polar surface area (TPSA) is 47.0 Å². The average molecular weight is 221 g/mol. The fourth-order valence-corrected chi connectivity index (χ4v) is 2.06. The van der Waals surface area contributed by atoms with Crippen LogP contribution in [0.4, 0.5) is 5.82 Å². The van der Waals surface area contributed by atoms with Crippen LogP contribution in [0, 0.1) is 12.8 Å². The van der Waals surface area contributed by atoms with Gasteiger partial charge in [0.25, 0.3) is 0 Å². The molecule has 0 spiro atoms. The molecule has 1 atom stereocenters. The fourth-order valence-electron chi connectivity index (χ4n) is 2.06. The molecule has 1 N–H and O–H groups in total. The van der Waals surface area contributed by atoms with Crippen LogP contribution in [-0.4, -0.2) is 23.1 Å². The molecule has 1 aliphatic carbocycles. The summed E-state index contributed by atoms with van der Waals surface area (Å²) in [4.78, 5) is 8.34. The number of rotatable bonds is 4. The molecule has 0 aliphatic heterocycles. The number of anilines is 1. The second-order valence-electron chi connectivity index (χ2n) is 4.48. The van der Waals surface area contributed by atoms with E-state index >= 15 is 0 Å². The molecule has 0 saturated heterocycles. The molecule has 1 heterocycles. The summed E-state index contributed by atoms with van der Waals surface area (Å²) in [6.07, 6.45) is 5.56. The molecule has 4 heteroatoms. The molecule has 88 valence electrons. The first kappa shape index (κ1) is 11.2. The number of ether oxygens (including phenoxy) is 1. The predicted molar refractivity (Wildman–Crippen MR) is 63.7 cm³/mol. The van der Waals surface area contributed by atoms with Gasteiger partial charge in [0, 0.05) is 6.04 Å². The molecule has 0 amide bonds. The standard InChI is InChI=1S/C12H19N3O/c1-8-11(13-7-14-12(8)16-3)15-9(2)10-5-4-6-10/h7,9-10H,4-6H2,1-3H3,(H,13,14,15). The SMILES string of the molecule is COc1ncnc(NC(C)C2CCC2)c1C. The van der Waals surface area contributed by atoms with Crippen molar-refractivity contribution in [2.24, 2.45) is 5.92 Å². The van der Waals surface area contributed by atoms with Crippen LogP contribution >= 0.6 is 0 Å². The molecule has 1 aliphatic rings. The van der Waals surface area contributed by atoms with Crippen LogP contribution in [-0.2, 0) is 0 Å². The number of hydrogen-bond donors (Lipinski definition) is 1. The third-order valence-corrected chi connectivity index (χ3v) is 3.45. The molecular weight excluding hydrogens is 202 g/mol. The number of methoxy groups -OCH3 is 1. The Morgan fingerprint density at radius 3 is 2.75 bits per heavy atom. The Balaban J connectivity index is 2.08. The van der Waals surface area contributed by atoms with Gasteiger partial charge in [0.2, 0.25) is 5.88 Å². The largest absolute Gasteiger partial charge is 0.481 e. The molecule has 16 heavy (non-hydrogen) atoms. The van der Waals surface area contributed by atoms with E-state index in [0.29, 0.717) is 11.9 Å². The summed E-state index contributed by atoms with van der Waals surface area (Å²) in [6.45, 7) is 4.20. The lowest BCUT2D eigenvalue weighted by Crippen LogP contribution is -2.31. The minimum atomic E-state index is 0.479. The Morgan fingerprint density at radius 2 is 2.19 bits per heavy atom. The third kappa shape index (κ3) is 2.10. The molecular formula is C12H19N3O. The van der Waals surface area contributed by atoms with Crippen molar-refractivity contribution in [3.05, 3.63) is 11.9 Å². The summed E-state index contributed by atoms with van der Waals surface area (Å²) in [7, 11) is 1.63. The van der Waals surface area contributed by atoms with Crippen LogP contribution in [0.1, 0.15) is 31.7 Å². The molecule has 2 rings (SSSR count). The van der Waals surface area contributed by atoms with E-state index in [0.717, 1.165) is 17.3 Å². The number of aromatic nitrogens is 2. The molecule has 1 unspecified atom stereocenters. The van der Waals surface area contributed by atoms with Crippen LogP contribution in [0.3, 0.4) is 0 Å². The van der Waals surface area contributed by atoms with Crippen molar-refractivity contribution in [1.82, 2.24) is 9.97 Å². The van der Waals surface area contributed by atoms with Gasteiger partial charge in [-0.1, -0.05) is 6.42 Å². The second-order valence-corrected chi connectivity index (χ2v) is 4.48. The zero-order valence-electron chi connectivity index (χ0n) is 10.2. The first-order chi connectivity index (χ1) is 7.72. The van der Waals surface area contributed by atoms with Crippen molar-refractivity contribution in [2.75, 3.05) is 12.4 Å². The van der Waals surface area contributed by atoms with Gasteiger partial charge in [-0.3, -0.25) is 0 Å². The maximum absolute atomic E-state index is 5.18. The summed E-state index contributed by atoms with van der Waals surface area (Å²) >= 11 is 0. The van der Waals surface area contributed by atoms with Crippen LogP contribution in [0.15, 0.2) is 6.33 Å². The minimum Gasteiger partial charge on any atom is -0.481 e. The summed E-state index contributed by atoms with van der Waals surface area (Å²) in [5.41, 5.74) is 0.983. The van der Waals surface area contributed by atoms with Gasteiger partial charge in [-0.25, -0.2) is 9.97 Å². The molecule has 1 fully saturated rings. The monoisotopic (exact) mass is 221 g/mol. The number of nitrogens with one attached hydrogen (secondary N) is 1. The van der Waals surface area contributed by atoms with Crippen LogP contribution < -0.4 is 10.1 Å². The Bertz CT molecular complexity index is 363. The van der Waals surface area contributed by atoms with Crippen molar-refractivity contribution in [2.45, 2.75) is 39.2 Å². The van der Waals surface area contributed by atoms with Gasteiger partial charge in [-0.05, 0) is 32.6 Å². The van der Waals surface area contributed by atoms with Gasteiger partial charge in [0.15, 0.2) is 0 Å². The highest BCUT2D eigenvalue weighted by atomic mass is 16.5. The van der Waals surface area contributed by atoms with Crippen molar-refractivity contribution in [3.63, 3.8) is 0 Å². The quantitative estimate of drug-likeness (QED) is 0.848. The molecule has 0 bridgehead atoms. The summed E-state index contributed by atoms with van der Waals surface area (Å²) in [5, 5.41) is 3.46. The Morgan fingerprint density at radius 1 is 1.44 bits per heavy atom. The van der Waals surface area contributed by atoms with Crippen LogP contribution in [0.2, 0.25) is 0 Å². The van der Waals surface area contributed by atoms with E-state index < -0.39 is 0 Å². The van der Waals surface area contributed by atoms with E-state index in [1.54, 1.807) is 13.4 Å². The van der Waals surface area contributed by atoms with Gasteiger partial charge < -0.3 is 10.1 Å².